The molecule has 0 aliphatic carbocycles. The topological polar surface area (TPSA) is 55.4 Å². The zero-order valence-electron chi connectivity index (χ0n) is 7.22. The highest BCUT2D eigenvalue weighted by Gasteiger charge is 2.09. The zero-order chi connectivity index (χ0) is 9.72. The molecule has 0 aromatic carbocycles. The SMILES string of the molecule is [CH2]C(NC(C)=O)OC(=O)C(=C)C. The van der Waals surface area contributed by atoms with Crippen LogP contribution in [0.1, 0.15) is 13.8 Å². The molecule has 0 rings (SSSR count). The minimum atomic E-state index is -0.855. The Morgan fingerprint density at radius 1 is 1.42 bits per heavy atom. The molecule has 0 saturated carbocycles. The number of rotatable bonds is 3. The molecule has 0 heterocycles. The van der Waals surface area contributed by atoms with E-state index in [-0.39, 0.29) is 11.5 Å². The maximum Gasteiger partial charge on any atom is 0.335 e. The van der Waals surface area contributed by atoms with Crippen molar-refractivity contribution in [3.05, 3.63) is 19.1 Å². The summed E-state index contributed by atoms with van der Waals surface area (Å²) in [6, 6.07) is 0. The Morgan fingerprint density at radius 3 is 2.25 bits per heavy atom. The minimum Gasteiger partial charge on any atom is -0.438 e. The molecule has 1 amide bonds. The summed E-state index contributed by atoms with van der Waals surface area (Å²) < 4.78 is 4.64. The second-order valence-corrected chi connectivity index (χ2v) is 2.37. The first-order valence-electron chi connectivity index (χ1n) is 3.40. The molecule has 0 fully saturated rings. The lowest BCUT2D eigenvalue weighted by molar-refractivity contribution is -0.144. The predicted molar refractivity (Wildman–Crippen MR) is 43.9 cm³/mol. The molecular formula is C8H12NO3. The van der Waals surface area contributed by atoms with Crippen molar-refractivity contribution in [2.45, 2.75) is 20.1 Å². The first kappa shape index (κ1) is 10.7. The average Bonchev–Trinajstić information content (AvgIpc) is 1.84. The normalized spacial score (nSPS) is 11.6. The summed E-state index contributed by atoms with van der Waals surface area (Å²) in [5.41, 5.74) is 0.272. The highest BCUT2D eigenvalue weighted by molar-refractivity contribution is 5.87. The number of carbonyl (C=O) groups is 2. The zero-order valence-corrected chi connectivity index (χ0v) is 7.22. The van der Waals surface area contributed by atoms with Crippen molar-refractivity contribution in [1.29, 1.82) is 0 Å². The van der Waals surface area contributed by atoms with Crippen LogP contribution in [-0.2, 0) is 14.3 Å². The van der Waals surface area contributed by atoms with E-state index in [9.17, 15) is 9.59 Å². The van der Waals surface area contributed by atoms with Gasteiger partial charge in [0.05, 0.1) is 0 Å². The van der Waals surface area contributed by atoms with Crippen LogP contribution in [0, 0.1) is 6.92 Å². The Hall–Kier alpha value is -1.32. The van der Waals surface area contributed by atoms with Crippen LogP contribution in [0.15, 0.2) is 12.2 Å². The molecule has 0 bridgehead atoms. The van der Waals surface area contributed by atoms with Crippen LogP contribution in [0.4, 0.5) is 0 Å². The molecule has 0 aromatic heterocycles. The third-order valence-corrected chi connectivity index (χ3v) is 0.962. The third kappa shape index (κ3) is 4.49. The molecule has 12 heavy (non-hydrogen) atoms. The Morgan fingerprint density at radius 2 is 1.92 bits per heavy atom. The van der Waals surface area contributed by atoms with Gasteiger partial charge in [0, 0.05) is 19.4 Å². The van der Waals surface area contributed by atoms with Gasteiger partial charge in [-0.25, -0.2) is 4.79 Å². The molecule has 4 nitrogen and oxygen atoms in total. The van der Waals surface area contributed by atoms with Gasteiger partial charge >= 0.3 is 5.97 Å². The number of esters is 1. The maximum absolute atomic E-state index is 10.8. The van der Waals surface area contributed by atoms with E-state index in [4.69, 9.17) is 0 Å². The van der Waals surface area contributed by atoms with E-state index in [0.29, 0.717) is 0 Å². The molecule has 0 spiro atoms. The molecule has 0 aliphatic rings. The summed E-state index contributed by atoms with van der Waals surface area (Å²) in [6.45, 7) is 9.59. The molecule has 4 heteroatoms. The first-order chi connectivity index (χ1) is 5.43. The van der Waals surface area contributed by atoms with Gasteiger partial charge < -0.3 is 10.1 Å². The van der Waals surface area contributed by atoms with Gasteiger partial charge in [-0.3, -0.25) is 4.79 Å². The number of nitrogens with one attached hydrogen (secondary N) is 1. The summed E-state index contributed by atoms with van der Waals surface area (Å²) >= 11 is 0. The van der Waals surface area contributed by atoms with Crippen LogP contribution in [0.2, 0.25) is 0 Å². The summed E-state index contributed by atoms with van der Waals surface area (Å²) in [5.74, 6) is -0.867. The van der Waals surface area contributed by atoms with Gasteiger partial charge in [0.15, 0.2) is 6.23 Å². The number of ether oxygens (including phenoxy) is 1. The lowest BCUT2D eigenvalue weighted by Crippen LogP contribution is -2.34. The fourth-order valence-corrected chi connectivity index (χ4v) is 0.486. The molecule has 0 saturated heterocycles. The second kappa shape index (κ2) is 4.54. The fourth-order valence-electron chi connectivity index (χ4n) is 0.486. The van der Waals surface area contributed by atoms with Crippen molar-refractivity contribution in [3.8, 4) is 0 Å². The summed E-state index contributed by atoms with van der Waals surface area (Å²) in [5, 5.41) is 2.29. The van der Waals surface area contributed by atoms with Gasteiger partial charge in [-0.05, 0) is 6.92 Å². The number of amides is 1. The van der Waals surface area contributed by atoms with Gasteiger partial charge in [-0.15, -0.1) is 0 Å². The van der Waals surface area contributed by atoms with Crippen molar-refractivity contribution in [1.82, 2.24) is 5.32 Å². The molecule has 1 unspecified atom stereocenters. The van der Waals surface area contributed by atoms with E-state index in [1.165, 1.54) is 13.8 Å². The Bertz CT molecular complexity index is 210. The monoisotopic (exact) mass is 170 g/mol. The van der Waals surface area contributed by atoms with Crippen LogP contribution in [0.25, 0.3) is 0 Å². The molecule has 1 radical (unpaired) electrons. The van der Waals surface area contributed by atoms with E-state index in [2.05, 4.69) is 23.6 Å². The Labute approximate surface area is 71.6 Å². The van der Waals surface area contributed by atoms with Crippen LogP contribution in [0.5, 0.6) is 0 Å². The highest BCUT2D eigenvalue weighted by Crippen LogP contribution is 1.94. The maximum atomic E-state index is 10.8. The molecule has 0 aliphatic heterocycles. The standard InChI is InChI=1S/C8H12NO3/c1-5(2)8(11)12-7(4)9-6(3)10/h7H,1,4H2,2-3H3,(H,9,10). The first-order valence-corrected chi connectivity index (χ1v) is 3.40. The number of carbonyl (C=O) groups excluding carboxylic acids is 2. The number of hydrogen-bond acceptors (Lipinski definition) is 3. The van der Waals surface area contributed by atoms with Crippen molar-refractivity contribution in [3.63, 3.8) is 0 Å². The summed E-state index contributed by atoms with van der Waals surface area (Å²) in [7, 11) is 0. The van der Waals surface area contributed by atoms with E-state index < -0.39 is 12.2 Å². The lowest BCUT2D eigenvalue weighted by atomic mass is 10.4. The van der Waals surface area contributed by atoms with Gasteiger partial charge in [0.1, 0.15) is 0 Å². The third-order valence-electron chi connectivity index (χ3n) is 0.962. The average molecular weight is 170 g/mol. The van der Waals surface area contributed by atoms with E-state index in [1.807, 2.05) is 0 Å². The van der Waals surface area contributed by atoms with Crippen LogP contribution in [-0.4, -0.2) is 18.1 Å². The van der Waals surface area contributed by atoms with Crippen molar-refractivity contribution < 1.29 is 14.3 Å². The Balaban J connectivity index is 3.84. The predicted octanol–water partition coefficient (Wildman–Crippen LogP) is 0.402. The van der Waals surface area contributed by atoms with Crippen LogP contribution in [0.3, 0.4) is 0 Å². The molecule has 0 aromatic rings. The van der Waals surface area contributed by atoms with Crippen molar-refractivity contribution in [2.24, 2.45) is 0 Å². The van der Waals surface area contributed by atoms with Crippen LogP contribution < -0.4 is 5.32 Å². The molecule has 1 atom stereocenters. The van der Waals surface area contributed by atoms with Gasteiger partial charge in [-0.1, -0.05) is 6.58 Å². The van der Waals surface area contributed by atoms with Gasteiger partial charge in [-0.2, -0.15) is 0 Å². The van der Waals surface area contributed by atoms with Crippen molar-refractivity contribution in [2.75, 3.05) is 0 Å². The molecule has 1 N–H and O–H groups in total. The molecule has 67 valence electrons. The van der Waals surface area contributed by atoms with Gasteiger partial charge in [0.2, 0.25) is 5.91 Å². The van der Waals surface area contributed by atoms with E-state index >= 15 is 0 Å². The Kier molecular flexibility index (Phi) is 4.04. The largest absolute Gasteiger partial charge is 0.438 e. The van der Waals surface area contributed by atoms with Crippen molar-refractivity contribution >= 4 is 11.9 Å². The summed E-state index contributed by atoms with van der Waals surface area (Å²) in [6.07, 6.45) is -0.855. The van der Waals surface area contributed by atoms with Crippen LogP contribution >= 0.6 is 0 Å². The highest BCUT2D eigenvalue weighted by atomic mass is 16.6. The second-order valence-electron chi connectivity index (χ2n) is 2.37. The van der Waals surface area contributed by atoms with E-state index in [1.54, 1.807) is 0 Å². The van der Waals surface area contributed by atoms with E-state index in [0.717, 1.165) is 0 Å². The van der Waals surface area contributed by atoms with Gasteiger partial charge in [0.25, 0.3) is 0 Å². The lowest BCUT2D eigenvalue weighted by Gasteiger charge is -2.12. The number of hydrogen-bond donors (Lipinski definition) is 1. The summed E-state index contributed by atoms with van der Waals surface area (Å²) in [4.78, 5) is 21.3. The smallest absolute Gasteiger partial charge is 0.335 e. The minimum absolute atomic E-state index is 0.272. The quantitative estimate of drug-likeness (QED) is 0.379. The fraction of sp³-hybridized carbons (Fsp3) is 0.375. The molecular weight excluding hydrogens is 158 g/mol.